The molecule has 0 saturated carbocycles. The van der Waals surface area contributed by atoms with Gasteiger partial charge in [0.1, 0.15) is 0 Å². The molecule has 2 rings (SSSR count). The summed E-state index contributed by atoms with van der Waals surface area (Å²) >= 11 is 23.5. The number of carbonyl (C=O) groups is 4. The molecule has 1 atom stereocenters. The number of benzene rings is 1. The van der Waals surface area contributed by atoms with Gasteiger partial charge in [0, 0.05) is 5.97 Å². The molecule has 24 heavy (non-hydrogen) atoms. The van der Waals surface area contributed by atoms with Crippen molar-refractivity contribution in [2.45, 2.75) is 18.9 Å². The fourth-order valence-corrected chi connectivity index (χ4v) is 3.27. The van der Waals surface area contributed by atoms with Crippen LogP contribution in [0.4, 0.5) is 0 Å². The summed E-state index contributed by atoms with van der Waals surface area (Å²) in [6.07, 6.45) is -1.32. The Kier molecular flexibility index (Phi) is 5.29. The molecule has 128 valence electrons. The zero-order chi connectivity index (χ0) is 18.3. The van der Waals surface area contributed by atoms with Gasteiger partial charge in [0.25, 0.3) is 11.8 Å². The zero-order valence-electron chi connectivity index (χ0n) is 11.4. The standard InChI is InChI=1S/C13H7Cl4NO6/c14-7-5-6(8(15)10(17)9(7)16)12(22)18(11(5)21)3(13(23)24)1-2-4(19)20/h3H,1-2H2,(H,19,20)(H,23,24)/p-2/t3-/m1/s1. The van der Waals surface area contributed by atoms with Crippen LogP contribution < -0.4 is 10.2 Å². The molecule has 7 nitrogen and oxygen atoms in total. The molecular weight excluding hydrogens is 408 g/mol. The van der Waals surface area contributed by atoms with Crippen LogP contribution in [-0.4, -0.2) is 34.7 Å². The topological polar surface area (TPSA) is 118 Å². The molecule has 0 unspecified atom stereocenters. The summed E-state index contributed by atoms with van der Waals surface area (Å²) in [5.41, 5.74) is -0.804. The predicted molar refractivity (Wildman–Crippen MR) is 80.0 cm³/mol. The van der Waals surface area contributed by atoms with Gasteiger partial charge in [-0.15, -0.1) is 0 Å². The minimum absolute atomic E-state index is 0.273. The molecule has 0 aromatic heterocycles. The minimum Gasteiger partial charge on any atom is -0.550 e. The fourth-order valence-electron chi connectivity index (χ4n) is 2.26. The lowest BCUT2D eigenvalue weighted by Gasteiger charge is -2.27. The monoisotopic (exact) mass is 411 g/mol. The Morgan fingerprint density at radius 1 is 0.875 bits per heavy atom. The summed E-state index contributed by atoms with van der Waals surface area (Å²) in [6, 6.07) is -1.85. The van der Waals surface area contributed by atoms with Crippen molar-refractivity contribution in [2.75, 3.05) is 0 Å². The van der Waals surface area contributed by atoms with E-state index in [2.05, 4.69) is 0 Å². The largest absolute Gasteiger partial charge is 0.550 e. The van der Waals surface area contributed by atoms with E-state index in [1.54, 1.807) is 0 Å². The number of halogens is 4. The highest BCUT2D eigenvalue weighted by Crippen LogP contribution is 2.45. The third-order valence-electron chi connectivity index (χ3n) is 3.34. The Bertz CT molecular complexity index is 746. The van der Waals surface area contributed by atoms with Crippen LogP contribution in [0.2, 0.25) is 20.1 Å². The first-order valence-electron chi connectivity index (χ1n) is 6.24. The second-order valence-corrected chi connectivity index (χ2v) is 6.24. The highest BCUT2D eigenvalue weighted by molar-refractivity contribution is 6.55. The average Bonchev–Trinajstić information content (AvgIpc) is 2.75. The summed E-state index contributed by atoms with van der Waals surface area (Å²) in [7, 11) is 0. The van der Waals surface area contributed by atoms with Crippen LogP contribution in [0, 0.1) is 0 Å². The van der Waals surface area contributed by atoms with Crippen molar-refractivity contribution in [1.82, 2.24) is 4.90 Å². The molecule has 1 aliphatic rings. The average molecular weight is 413 g/mol. The normalized spacial score (nSPS) is 14.8. The van der Waals surface area contributed by atoms with Crippen LogP contribution in [0.1, 0.15) is 33.6 Å². The molecule has 11 heteroatoms. The summed E-state index contributed by atoms with van der Waals surface area (Å²) in [6.45, 7) is 0. The number of amides is 2. The minimum atomic E-state index is -1.85. The van der Waals surface area contributed by atoms with Gasteiger partial charge in [0.05, 0.1) is 43.2 Å². The van der Waals surface area contributed by atoms with Gasteiger partial charge in [-0.05, 0) is 12.8 Å². The van der Waals surface area contributed by atoms with Gasteiger partial charge in [-0.25, -0.2) is 0 Å². The Hall–Kier alpha value is -1.54. The molecule has 0 fully saturated rings. The van der Waals surface area contributed by atoms with Crippen molar-refractivity contribution in [3.63, 3.8) is 0 Å². The van der Waals surface area contributed by atoms with Gasteiger partial charge in [0.2, 0.25) is 0 Å². The van der Waals surface area contributed by atoms with Crippen molar-refractivity contribution in [2.24, 2.45) is 0 Å². The molecule has 2 amide bonds. The van der Waals surface area contributed by atoms with Crippen LogP contribution in [0.3, 0.4) is 0 Å². The lowest BCUT2D eigenvalue weighted by molar-refractivity contribution is -0.311. The fraction of sp³-hybridized carbons (Fsp3) is 0.231. The van der Waals surface area contributed by atoms with E-state index in [0.29, 0.717) is 4.90 Å². The van der Waals surface area contributed by atoms with Crippen molar-refractivity contribution in [3.05, 3.63) is 31.2 Å². The Morgan fingerprint density at radius 2 is 1.29 bits per heavy atom. The molecular formula is C13H5Cl4NO6-2. The first-order chi connectivity index (χ1) is 11.1. The van der Waals surface area contributed by atoms with Gasteiger partial charge >= 0.3 is 0 Å². The summed E-state index contributed by atoms with van der Waals surface area (Å²) < 4.78 is 0. The number of hydrogen-bond donors (Lipinski definition) is 0. The molecule has 1 aromatic carbocycles. The first-order valence-corrected chi connectivity index (χ1v) is 7.75. The Labute approximate surface area is 154 Å². The second kappa shape index (κ2) is 6.76. The summed E-state index contributed by atoms with van der Waals surface area (Å²) in [5.74, 6) is -5.56. The number of fused-ring (bicyclic) bond motifs is 1. The van der Waals surface area contributed by atoms with Crippen LogP contribution in [0.15, 0.2) is 0 Å². The maximum Gasteiger partial charge on any atom is 0.263 e. The van der Waals surface area contributed by atoms with E-state index in [-0.39, 0.29) is 20.1 Å². The summed E-state index contributed by atoms with van der Waals surface area (Å²) in [4.78, 5) is 47.0. The van der Waals surface area contributed by atoms with Crippen LogP contribution in [0.25, 0.3) is 0 Å². The maximum atomic E-state index is 12.4. The van der Waals surface area contributed by atoms with Crippen LogP contribution in [-0.2, 0) is 9.59 Å². The molecule has 0 aliphatic carbocycles. The molecule has 0 saturated heterocycles. The molecule has 1 aromatic rings. The number of carbonyl (C=O) groups excluding carboxylic acids is 4. The maximum absolute atomic E-state index is 12.4. The first kappa shape index (κ1) is 18.8. The van der Waals surface area contributed by atoms with E-state index in [4.69, 9.17) is 46.4 Å². The van der Waals surface area contributed by atoms with E-state index in [1.165, 1.54) is 0 Å². The van der Waals surface area contributed by atoms with E-state index < -0.39 is 53.8 Å². The van der Waals surface area contributed by atoms with E-state index >= 15 is 0 Å². The second-order valence-electron chi connectivity index (χ2n) is 4.73. The third-order valence-corrected chi connectivity index (χ3v) is 5.14. The quantitative estimate of drug-likeness (QED) is 0.395. The van der Waals surface area contributed by atoms with Crippen molar-refractivity contribution < 1.29 is 29.4 Å². The number of rotatable bonds is 5. The van der Waals surface area contributed by atoms with Gasteiger partial charge < -0.3 is 19.8 Å². The van der Waals surface area contributed by atoms with Gasteiger partial charge in [-0.3, -0.25) is 14.5 Å². The van der Waals surface area contributed by atoms with Gasteiger partial charge in [0.15, 0.2) is 0 Å². The van der Waals surface area contributed by atoms with E-state index in [0.717, 1.165) is 0 Å². The molecule has 1 heterocycles. The van der Waals surface area contributed by atoms with Gasteiger partial charge in [-0.2, -0.15) is 0 Å². The zero-order valence-corrected chi connectivity index (χ0v) is 14.4. The Morgan fingerprint density at radius 3 is 1.62 bits per heavy atom. The smallest absolute Gasteiger partial charge is 0.263 e. The number of carboxylic acids is 2. The number of hydrogen-bond acceptors (Lipinski definition) is 6. The summed E-state index contributed by atoms with van der Waals surface area (Å²) in [5, 5.41) is 20.5. The molecule has 0 spiro atoms. The third kappa shape index (κ3) is 2.93. The van der Waals surface area contributed by atoms with Crippen LogP contribution >= 0.6 is 46.4 Å². The SMILES string of the molecule is O=C([O-])CC[C@H](C(=O)[O-])N1C(=O)c2c(Cl)c(Cl)c(Cl)c(Cl)c2C1=O. The molecule has 0 bridgehead atoms. The number of imide groups is 1. The number of aliphatic carboxylic acids is 2. The molecule has 1 aliphatic heterocycles. The van der Waals surface area contributed by atoms with E-state index in [9.17, 15) is 29.4 Å². The van der Waals surface area contributed by atoms with Gasteiger partial charge in [-0.1, -0.05) is 46.4 Å². The van der Waals surface area contributed by atoms with Crippen molar-refractivity contribution in [3.8, 4) is 0 Å². The number of carboxylic acid groups (broad SMARTS) is 2. The highest BCUT2D eigenvalue weighted by Gasteiger charge is 2.44. The van der Waals surface area contributed by atoms with Crippen LogP contribution in [0.5, 0.6) is 0 Å². The van der Waals surface area contributed by atoms with E-state index in [1.807, 2.05) is 0 Å². The lowest BCUT2D eigenvalue weighted by atomic mass is 10.1. The highest BCUT2D eigenvalue weighted by atomic mass is 35.5. The van der Waals surface area contributed by atoms with Crippen molar-refractivity contribution >= 4 is 70.2 Å². The predicted octanol–water partition coefficient (Wildman–Crippen LogP) is 0.545. The number of nitrogens with zero attached hydrogens (tertiary/aromatic N) is 1. The Balaban J connectivity index is 2.57. The lowest BCUT2D eigenvalue weighted by Crippen LogP contribution is -2.51. The van der Waals surface area contributed by atoms with Crippen molar-refractivity contribution in [1.29, 1.82) is 0 Å². The molecule has 0 radical (unpaired) electrons. The molecule has 0 N–H and O–H groups in total.